The van der Waals surface area contributed by atoms with E-state index in [9.17, 15) is 0 Å². The Morgan fingerprint density at radius 2 is 2.00 bits per heavy atom. The fourth-order valence-electron chi connectivity index (χ4n) is 3.38. The molecule has 1 aromatic heterocycles. The maximum Gasteiger partial charge on any atom is 0.235 e. The third kappa shape index (κ3) is 3.11. The van der Waals surface area contributed by atoms with Crippen molar-refractivity contribution in [1.29, 1.82) is 0 Å². The lowest BCUT2D eigenvalue weighted by Gasteiger charge is -2.35. The molecule has 2 saturated carbocycles. The van der Waals surface area contributed by atoms with Crippen LogP contribution in [0.3, 0.4) is 0 Å². The zero-order valence-electron chi connectivity index (χ0n) is 12.5. The van der Waals surface area contributed by atoms with E-state index >= 15 is 0 Å². The van der Waals surface area contributed by atoms with E-state index < -0.39 is 0 Å². The topological polar surface area (TPSA) is 47.0 Å². The molecule has 4 nitrogen and oxygen atoms in total. The van der Waals surface area contributed by atoms with Crippen molar-refractivity contribution in [1.82, 2.24) is 15.3 Å². The van der Waals surface area contributed by atoms with Crippen LogP contribution in [-0.4, -0.2) is 29.7 Å². The van der Waals surface area contributed by atoms with Crippen molar-refractivity contribution in [3.63, 3.8) is 0 Å². The largest absolute Gasteiger partial charge is 0.480 e. The number of aromatic nitrogens is 2. The average Bonchev–Trinajstić information content (AvgIpc) is 3.30. The molecular formula is C16H25N3O. The number of nitrogens with zero attached hydrogens (tertiary/aromatic N) is 2. The summed E-state index contributed by atoms with van der Waals surface area (Å²) < 4.78 is 5.43. The predicted molar refractivity (Wildman–Crippen MR) is 78.9 cm³/mol. The van der Waals surface area contributed by atoms with Crippen LogP contribution in [0.5, 0.6) is 5.88 Å². The van der Waals surface area contributed by atoms with E-state index in [0.717, 1.165) is 24.2 Å². The molecular weight excluding hydrogens is 250 g/mol. The lowest BCUT2D eigenvalue weighted by molar-refractivity contribution is 0.231. The molecule has 0 spiro atoms. The Hall–Kier alpha value is -1.16. The van der Waals surface area contributed by atoms with Gasteiger partial charge in [-0.25, -0.2) is 4.98 Å². The van der Waals surface area contributed by atoms with Crippen molar-refractivity contribution in [2.45, 2.75) is 51.0 Å². The second-order valence-electron chi connectivity index (χ2n) is 6.42. The predicted octanol–water partition coefficient (Wildman–Crippen LogP) is 2.76. The van der Waals surface area contributed by atoms with Crippen molar-refractivity contribution in [2.24, 2.45) is 11.8 Å². The highest BCUT2D eigenvalue weighted by molar-refractivity contribution is 5.23. The first-order valence-corrected chi connectivity index (χ1v) is 7.86. The van der Waals surface area contributed by atoms with Gasteiger partial charge in [0.2, 0.25) is 5.88 Å². The molecule has 3 atom stereocenters. The van der Waals surface area contributed by atoms with Gasteiger partial charge >= 0.3 is 0 Å². The molecule has 1 aromatic rings. The van der Waals surface area contributed by atoms with Crippen molar-refractivity contribution in [3.8, 4) is 5.88 Å². The third-order valence-corrected chi connectivity index (χ3v) is 4.74. The van der Waals surface area contributed by atoms with Gasteiger partial charge in [-0.2, -0.15) is 0 Å². The number of rotatable bonds is 5. The molecule has 0 radical (unpaired) electrons. The number of hydrogen-bond acceptors (Lipinski definition) is 4. The summed E-state index contributed by atoms with van der Waals surface area (Å²) in [7, 11) is 1.69. The second-order valence-corrected chi connectivity index (χ2v) is 6.42. The summed E-state index contributed by atoms with van der Waals surface area (Å²) in [6, 6.07) is 0.777. The lowest BCUT2D eigenvalue weighted by atomic mass is 9.73. The molecule has 2 aliphatic carbocycles. The van der Waals surface area contributed by atoms with Crippen LogP contribution in [0, 0.1) is 11.8 Å². The molecule has 4 heteroatoms. The molecule has 3 unspecified atom stereocenters. The smallest absolute Gasteiger partial charge is 0.235 e. The van der Waals surface area contributed by atoms with E-state index in [1.807, 2.05) is 0 Å². The highest BCUT2D eigenvalue weighted by Crippen LogP contribution is 2.42. The SMILES string of the molecule is COc1nccnc1C1CC(C)CCC1CNC1CC1. The molecule has 0 aliphatic heterocycles. The van der Waals surface area contributed by atoms with Crippen LogP contribution in [0.4, 0.5) is 0 Å². The van der Waals surface area contributed by atoms with Crippen LogP contribution in [0.2, 0.25) is 0 Å². The molecule has 0 saturated heterocycles. The van der Waals surface area contributed by atoms with Gasteiger partial charge in [0, 0.05) is 24.4 Å². The fourth-order valence-corrected chi connectivity index (χ4v) is 3.38. The van der Waals surface area contributed by atoms with Gasteiger partial charge < -0.3 is 10.1 Å². The number of hydrogen-bond donors (Lipinski definition) is 1. The summed E-state index contributed by atoms with van der Waals surface area (Å²) in [6.45, 7) is 3.46. The summed E-state index contributed by atoms with van der Waals surface area (Å²) in [4.78, 5) is 8.92. The van der Waals surface area contributed by atoms with Gasteiger partial charge in [-0.3, -0.25) is 4.98 Å². The Morgan fingerprint density at radius 1 is 1.20 bits per heavy atom. The Balaban J connectivity index is 1.77. The normalized spacial score (nSPS) is 30.2. The van der Waals surface area contributed by atoms with Crippen LogP contribution < -0.4 is 10.1 Å². The zero-order chi connectivity index (χ0) is 13.9. The van der Waals surface area contributed by atoms with Crippen LogP contribution in [0.15, 0.2) is 12.4 Å². The molecule has 20 heavy (non-hydrogen) atoms. The van der Waals surface area contributed by atoms with Gasteiger partial charge in [0.25, 0.3) is 0 Å². The number of methoxy groups -OCH3 is 1. The van der Waals surface area contributed by atoms with Gasteiger partial charge in [-0.1, -0.05) is 13.3 Å². The second kappa shape index (κ2) is 6.08. The van der Waals surface area contributed by atoms with Crippen molar-refractivity contribution < 1.29 is 4.74 Å². The molecule has 2 fully saturated rings. The Bertz CT molecular complexity index is 447. The van der Waals surface area contributed by atoms with E-state index in [4.69, 9.17) is 4.74 Å². The van der Waals surface area contributed by atoms with Gasteiger partial charge in [0.05, 0.1) is 7.11 Å². The Kier molecular flexibility index (Phi) is 4.20. The molecule has 1 heterocycles. The van der Waals surface area contributed by atoms with E-state index in [0.29, 0.717) is 17.7 Å². The lowest BCUT2D eigenvalue weighted by Crippen LogP contribution is -2.33. The summed E-state index contributed by atoms with van der Waals surface area (Å²) in [5, 5.41) is 3.69. The minimum atomic E-state index is 0.480. The average molecular weight is 275 g/mol. The molecule has 110 valence electrons. The summed E-state index contributed by atoms with van der Waals surface area (Å²) in [5.74, 6) is 2.62. The molecule has 0 amide bonds. The highest BCUT2D eigenvalue weighted by atomic mass is 16.5. The summed E-state index contributed by atoms with van der Waals surface area (Å²) in [6.07, 6.45) is 10.0. The van der Waals surface area contributed by atoms with Gasteiger partial charge in [0.1, 0.15) is 5.69 Å². The van der Waals surface area contributed by atoms with Crippen LogP contribution in [0.25, 0.3) is 0 Å². The monoisotopic (exact) mass is 275 g/mol. The maximum absolute atomic E-state index is 5.43. The summed E-state index contributed by atoms with van der Waals surface area (Å²) >= 11 is 0. The van der Waals surface area contributed by atoms with E-state index in [1.54, 1.807) is 19.5 Å². The molecule has 0 aromatic carbocycles. The van der Waals surface area contributed by atoms with Crippen molar-refractivity contribution >= 4 is 0 Å². The molecule has 3 rings (SSSR count). The first-order chi connectivity index (χ1) is 9.78. The molecule has 1 N–H and O–H groups in total. The molecule has 2 aliphatic rings. The van der Waals surface area contributed by atoms with Crippen LogP contribution in [-0.2, 0) is 0 Å². The van der Waals surface area contributed by atoms with Crippen molar-refractivity contribution in [2.75, 3.05) is 13.7 Å². The third-order valence-electron chi connectivity index (χ3n) is 4.74. The summed E-state index contributed by atoms with van der Waals surface area (Å²) in [5.41, 5.74) is 1.06. The van der Waals surface area contributed by atoms with Crippen LogP contribution in [0.1, 0.15) is 50.6 Å². The number of nitrogens with one attached hydrogen (secondary N) is 1. The highest BCUT2D eigenvalue weighted by Gasteiger charge is 2.34. The fraction of sp³-hybridized carbons (Fsp3) is 0.750. The van der Waals surface area contributed by atoms with E-state index in [-0.39, 0.29) is 0 Å². The van der Waals surface area contributed by atoms with Crippen LogP contribution >= 0.6 is 0 Å². The first-order valence-electron chi connectivity index (χ1n) is 7.86. The minimum Gasteiger partial charge on any atom is -0.480 e. The van der Waals surface area contributed by atoms with Gasteiger partial charge in [-0.15, -0.1) is 0 Å². The number of ether oxygens (including phenoxy) is 1. The standard InChI is InChI=1S/C16H25N3O/c1-11-3-4-12(10-19-13-5-6-13)14(9-11)15-16(20-2)18-8-7-17-15/h7-8,11-14,19H,3-6,9-10H2,1-2H3. The minimum absolute atomic E-state index is 0.480. The zero-order valence-corrected chi connectivity index (χ0v) is 12.5. The molecule has 0 bridgehead atoms. The van der Waals surface area contributed by atoms with Gasteiger partial charge in [-0.05, 0) is 44.1 Å². The van der Waals surface area contributed by atoms with E-state index in [2.05, 4.69) is 22.2 Å². The first kappa shape index (κ1) is 13.8. The van der Waals surface area contributed by atoms with Gasteiger partial charge in [0.15, 0.2) is 0 Å². The Morgan fingerprint density at radius 3 is 2.75 bits per heavy atom. The maximum atomic E-state index is 5.43. The quantitative estimate of drug-likeness (QED) is 0.897. The Labute approximate surface area is 121 Å². The van der Waals surface area contributed by atoms with E-state index in [1.165, 1.54) is 32.1 Å². The van der Waals surface area contributed by atoms with Crippen molar-refractivity contribution in [3.05, 3.63) is 18.1 Å².